The summed E-state index contributed by atoms with van der Waals surface area (Å²) < 4.78 is 0. The number of thiocarbonyl (C=S) groups is 2. The van der Waals surface area contributed by atoms with Gasteiger partial charge in [0, 0.05) is 12.1 Å². The molecular weight excluding hydrogens is 382 g/mol. The van der Waals surface area contributed by atoms with Gasteiger partial charge in [-0.15, -0.1) is 0 Å². The SMILES string of the molecule is Cc1c(C(=O)NCC(C)C)c(C(N)=S)c([N+](=O)[O-])c(C(N)=S)c1[N+](=O)[O-]. The second kappa shape index (κ2) is 8.10. The van der Waals surface area contributed by atoms with Crippen LogP contribution in [0.1, 0.15) is 40.9 Å². The smallest absolute Gasteiger partial charge is 0.297 e. The first kappa shape index (κ1) is 21.3. The molecular formula is C14H17N5O5S2. The monoisotopic (exact) mass is 399 g/mol. The van der Waals surface area contributed by atoms with E-state index in [-0.39, 0.29) is 23.6 Å². The summed E-state index contributed by atoms with van der Waals surface area (Å²) in [5, 5.41) is 25.7. The molecule has 1 aromatic rings. The number of nitro groups is 2. The summed E-state index contributed by atoms with van der Waals surface area (Å²) in [6.07, 6.45) is 0. The van der Waals surface area contributed by atoms with Crippen LogP contribution in [-0.4, -0.2) is 32.3 Å². The molecule has 0 aliphatic heterocycles. The third kappa shape index (κ3) is 4.08. The number of hydrogen-bond acceptors (Lipinski definition) is 7. The molecule has 0 aliphatic rings. The maximum atomic E-state index is 12.6. The minimum Gasteiger partial charge on any atom is -0.389 e. The van der Waals surface area contributed by atoms with E-state index < -0.39 is 48.2 Å². The van der Waals surface area contributed by atoms with Crippen molar-refractivity contribution >= 4 is 51.7 Å². The molecule has 26 heavy (non-hydrogen) atoms. The van der Waals surface area contributed by atoms with Gasteiger partial charge in [-0.05, 0) is 12.8 Å². The van der Waals surface area contributed by atoms with Crippen molar-refractivity contribution in [3.63, 3.8) is 0 Å². The van der Waals surface area contributed by atoms with Crippen LogP contribution in [0.3, 0.4) is 0 Å². The van der Waals surface area contributed by atoms with Crippen LogP contribution in [0, 0.1) is 33.1 Å². The number of benzene rings is 1. The summed E-state index contributed by atoms with van der Waals surface area (Å²) in [5.74, 6) is -0.687. The van der Waals surface area contributed by atoms with Crippen molar-refractivity contribution < 1.29 is 14.6 Å². The molecule has 0 aliphatic carbocycles. The van der Waals surface area contributed by atoms with Crippen LogP contribution in [0.2, 0.25) is 0 Å². The summed E-state index contributed by atoms with van der Waals surface area (Å²) in [4.78, 5) is 32.9. The number of nitro benzene ring substituents is 2. The van der Waals surface area contributed by atoms with Gasteiger partial charge in [0.15, 0.2) is 5.56 Å². The van der Waals surface area contributed by atoms with E-state index in [2.05, 4.69) is 5.32 Å². The van der Waals surface area contributed by atoms with Gasteiger partial charge in [0.2, 0.25) is 0 Å². The largest absolute Gasteiger partial charge is 0.389 e. The molecule has 1 aromatic carbocycles. The first-order valence-corrected chi connectivity index (χ1v) is 8.10. The van der Waals surface area contributed by atoms with E-state index in [1.807, 2.05) is 13.8 Å². The van der Waals surface area contributed by atoms with Crippen molar-refractivity contribution in [2.24, 2.45) is 17.4 Å². The highest BCUT2D eigenvalue weighted by Gasteiger charge is 2.39. The maximum Gasteiger partial charge on any atom is 0.297 e. The molecule has 140 valence electrons. The lowest BCUT2D eigenvalue weighted by atomic mass is 9.92. The van der Waals surface area contributed by atoms with Gasteiger partial charge in [-0.2, -0.15) is 0 Å². The van der Waals surface area contributed by atoms with Crippen molar-refractivity contribution in [3.8, 4) is 0 Å². The van der Waals surface area contributed by atoms with E-state index >= 15 is 0 Å². The zero-order valence-electron chi connectivity index (χ0n) is 14.2. The summed E-state index contributed by atoms with van der Waals surface area (Å²) in [7, 11) is 0. The number of nitrogens with two attached hydrogens (primary N) is 2. The van der Waals surface area contributed by atoms with E-state index in [9.17, 15) is 25.0 Å². The summed E-state index contributed by atoms with van der Waals surface area (Å²) >= 11 is 9.63. The third-order valence-electron chi connectivity index (χ3n) is 3.45. The van der Waals surface area contributed by atoms with Crippen LogP contribution in [0.4, 0.5) is 11.4 Å². The molecule has 0 heterocycles. The Labute approximate surface area is 159 Å². The van der Waals surface area contributed by atoms with Crippen molar-refractivity contribution in [1.29, 1.82) is 0 Å². The average molecular weight is 399 g/mol. The molecule has 0 fully saturated rings. The maximum absolute atomic E-state index is 12.6. The summed E-state index contributed by atoms with van der Waals surface area (Å²) in [6, 6.07) is 0. The Balaban J connectivity index is 4.04. The number of carbonyl (C=O) groups excluding carboxylic acids is 1. The average Bonchev–Trinajstić information content (AvgIpc) is 2.49. The highest BCUT2D eigenvalue weighted by molar-refractivity contribution is 7.81. The molecule has 0 aromatic heterocycles. The predicted molar refractivity (Wildman–Crippen MR) is 103 cm³/mol. The lowest BCUT2D eigenvalue weighted by Gasteiger charge is -2.16. The normalized spacial score (nSPS) is 10.5. The highest BCUT2D eigenvalue weighted by Crippen LogP contribution is 2.38. The lowest BCUT2D eigenvalue weighted by Crippen LogP contribution is -2.32. The third-order valence-corrected chi connectivity index (χ3v) is 3.85. The Bertz CT molecular complexity index is 838. The van der Waals surface area contributed by atoms with Gasteiger partial charge in [0.05, 0.1) is 15.4 Å². The highest BCUT2D eigenvalue weighted by atomic mass is 32.1. The van der Waals surface area contributed by atoms with E-state index in [0.717, 1.165) is 0 Å². The Morgan fingerprint density at radius 2 is 1.50 bits per heavy atom. The van der Waals surface area contributed by atoms with Crippen LogP contribution < -0.4 is 16.8 Å². The lowest BCUT2D eigenvalue weighted by molar-refractivity contribution is -0.394. The minimum atomic E-state index is -0.936. The first-order chi connectivity index (χ1) is 11.9. The van der Waals surface area contributed by atoms with Gasteiger partial charge in [-0.3, -0.25) is 25.0 Å². The molecule has 12 heteroatoms. The van der Waals surface area contributed by atoms with Gasteiger partial charge in [-0.25, -0.2) is 0 Å². The van der Waals surface area contributed by atoms with Gasteiger partial charge >= 0.3 is 0 Å². The number of carbonyl (C=O) groups is 1. The minimum absolute atomic E-state index is 0.0772. The fourth-order valence-corrected chi connectivity index (χ4v) is 2.79. The zero-order valence-corrected chi connectivity index (χ0v) is 15.8. The summed E-state index contributed by atoms with van der Waals surface area (Å²) in [5.41, 5.74) is 8.03. The molecule has 0 atom stereocenters. The standard InChI is InChI=1S/C14H17N5O5S2/c1-5(2)4-17-14(20)7-6(3)10(18(21)22)9(13(16)26)11(19(23)24)8(7)12(15)25/h5H,4H2,1-3H3,(H2,15,25)(H2,16,26)(H,17,20). The van der Waals surface area contributed by atoms with Gasteiger partial charge < -0.3 is 16.8 Å². The van der Waals surface area contributed by atoms with Crippen LogP contribution in [0.25, 0.3) is 0 Å². The van der Waals surface area contributed by atoms with Crippen LogP contribution in [-0.2, 0) is 0 Å². The van der Waals surface area contributed by atoms with E-state index in [4.69, 9.17) is 35.9 Å². The number of hydrogen-bond donors (Lipinski definition) is 3. The molecule has 0 radical (unpaired) electrons. The fourth-order valence-electron chi connectivity index (χ4n) is 2.40. The van der Waals surface area contributed by atoms with Crippen molar-refractivity contribution in [3.05, 3.63) is 42.5 Å². The number of nitrogens with one attached hydrogen (secondary N) is 1. The molecule has 0 spiro atoms. The molecule has 0 bridgehead atoms. The Kier molecular flexibility index (Phi) is 6.64. The van der Waals surface area contributed by atoms with Crippen LogP contribution in [0.15, 0.2) is 0 Å². The Morgan fingerprint density at radius 1 is 1.04 bits per heavy atom. The van der Waals surface area contributed by atoms with Gasteiger partial charge in [-0.1, -0.05) is 38.3 Å². The van der Waals surface area contributed by atoms with Crippen molar-refractivity contribution in [2.45, 2.75) is 20.8 Å². The number of nitrogens with zero attached hydrogens (tertiary/aromatic N) is 2. The first-order valence-electron chi connectivity index (χ1n) is 7.28. The topological polar surface area (TPSA) is 167 Å². The molecule has 5 N–H and O–H groups in total. The fraction of sp³-hybridized carbons (Fsp3) is 0.357. The Hall–Kier alpha value is -2.73. The van der Waals surface area contributed by atoms with Gasteiger partial charge in [0.1, 0.15) is 15.5 Å². The van der Waals surface area contributed by atoms with E-state index in [1.54, 1.807) is 0 Å². The molecule has 0 unspecified atom stereocenters. The van der Waals surface area contributed by atoms with Crippen LogP contribution >= 0.6 is 24.4 Å². The second-order valence-corrected chi connectivity index (χ2v) is 6.67. The van der Waals surface area contributed by atoms with E-state index in [1.165, 1.54) is 6.92 Å². The van der Waals surface area contributed by atoms with Crippen LogP contribution in [0.5, 0.6) is 0 Å². The molecule has 0 saturated carbocycles. The Morgan fingerprint density at radius 3 is 1.85 bits per heavy atom. The molecule has 10 nitrogen and oxygen atoms in total. The number of amides is 1. The summed E-state index contributed by atoms with van der Waals surface area (Å²) in [6.45, 7) is 5.17. The number of rotatable bonds is 7. The zero-order chi connectivity index (χ0) is 20.3. The van der Waals surface area contributed by atoms with Gasteiger partial charge in [0.25, 0.3) is 17.3 Å². The second-order valence-electron chi connectivity index (χ2n) is 5.79. The van der Waals surface area contributed by atoms with Crippen molar-refractivity contribution in [1.82, 2.24) is 5.32 Å². The molecule has 0 saturated heterocycles. The molecule has 1 amide bonds. The molecule has 1 rings (SSSR count). The van der Waals surface area contributed by atoms with E-state index in [0.29, 0.717) is 0 Å². The quantitative estimate of drug-likeness (QED) is 0.349. The van der Waals surface area contributed by atoms with Crippen molar-refractivity contribution in [2.75, 3.05) is 6.54 Å². The predicted octanol–water partition coefficient (Wildman–Crippen LogP) is 1.47.